The van der Waals surface area contributed by atoms with Gasteiger partial charge in [0.15, 0.2) is 12.6 Å². The summed E-state index contributed by atoms with van der Waals surface area (Å²) in [5.74, 6) is 3.65. The number of hydrogen-bond acceptors (Lipinski definition) is 12. The predicted molar refractivity (Wildman–Crippen MR) is 350 cm³/mol. The lowest BCUT2D eigenvalue weighted by molar-refractivity contribution is 0.111. The van der Waals surface area contributed by atoms with E-state index in [1.165, 1.54) is 205 Å². The van der Waals surface area contributed by atoms with E-state index in [4.69, 9.17) is 0 Å². The number of unbranched alkanes of at least 4 members (excludes halogenated alkanes) is 12. The normalized spacial score (nSPS) is 12.4. The minimum absolute atomic E-state index is 0.776. The molecule has 2 nitrogen and oxygen atoms in total. The molecule has 0 atom stereocenters. The molecule has 0 fully saturated rings. The largest absolute Gasteiger partial charge is 0.297 e. The molecule has 2 aliphatic rings. The molecule has 0 amide bonds. The quantitative estimate of drug-likeness (QED) is 0.0295. The van der Waals surface area contributed by atoms with E-state index in [9.17, 15) is 9.59 Å². The molecule has 6 heterocycles. The average molecular weight is 1200 g/mol. The van der Waals surface area contributed by atoms with Crippen LogP contribution in [0.25, 0.3) is 32.0 Å². The Balaban J connectivity index is 1.10. The molecule has 76 heavy (non-hydrogen) atoms. The van der Waals surface area contributed by atoms with Gasteiger partial charge in [-0.1, -0.05) is 105 Å². The Bertz CT molecular complexity index is 2750. The lowest BCUT2D eigenvalue weighted by Gasteiger charge is -2.15. The number of thioether (sulfide) groups is 4. The Labute approximate surface area is 495 Å². The zero-order chi connectivity index (χ0) is 52.6. The van der Waals surface area contributed by atoms with Crippen molar-refractivity contribution in [3.05, 3.63) is 152 Å². The van der Waals surface area contributed by atoms with Gasteiger partial charge >= 0.3 is 0 Å². The third-order valence-corrected chi connectivity index (χ3v) is 26.8. The van der Waals surface area contributed by atoms with E-state index in [-0.39, 0.29) is 0 Å². The molecule has 402 valence electrons. The highest BCUT2D eigenvalue weighted by Crippen LogP contribution is 2.60. The fourth-order valence-corrected chi connectivity index (χ4v) is 21.6. The van der Waals surface area contributed by atoms with Crippen molar-refractivity contribution in [2.45, 2.75) is 179 Å². The van der Waals surface area contributed by atoms with Crippen LogP contribution in [0.15, 0.2) is 81.3 Å². The molecule has 0 N–H and O–H groups in total. The smallest absolute Gasteiger partial charge is 0.160 e. The first kappa shape index (κ1) is 58.3. The first-order chi connectivity index (χ1) is 37.4. The van der Waals surface area contributed by atoms with Crippen LogP contribution in [-0.4, -0.2) is 12.6 Å². The lowest BCUT2D eigenvalue weighted by atomic mass is 9.98. The fraction of sp³-hybridized carbons (Fsp3) is 0.438. The van der Waals surface area contributed by atoms with Gasteiger partial charge in [-0.25, -0.2) is 0 Å². The maximum absolute atomic E-state index is 12.7. The van der Waals surface area contributed by atoms with Crippen LogP contribution >= 0.6 is 115 Å². The molecule has 1 aromatic carbocycles. The number of benzene rings is 1. The summed E-state index contributed by atoms with van der Waals surface area (Å²) < 4.78 is 2.65. The van der Waals surface area contributed by atoms with Gasteiger partial charge in [-0.15, -0.1) is 115 Å². The summed E-state index contributed by atoms with van der Waals surface area (Å²) in [4.78, 5) is 41.1. The lowest BCUT2D eigenvalue weighted by Crippen LogP contribution is -1.92. The van der Waals surface area contributed by atoms with E-state index in [0.717, 1.165) is 71.0 Å². The van der Waals surface area contributed by atoms with E-state index < -0.39 is 0 Å². The van der Waals surface area contributed by atoms with Crippen molar-refractivity contribution in [2.75, 3.05) is 0 Å². The van der Waals surface area contributed by atoms with E-state index in [0.29, 0.717) is 0 Å². The van der Waals surface area contributed by atoms with Gasteiger partial charge < -0.3 is 0 Å². The number of hydrogen-bond donors (Lipinski definition) is 0. The third kappa shape index (κ3) is 15.1. The van der Waals surface area contributed by atoms with Crippen LogP contribution in [0, 0.1) is 0 Å². The van der Waals surface area contributed by atoms with Crippen molar-refractivity contribution in [3.63, 3.8) is 0 Å². The highest BCUT2D eigenvalue weighted by molar-refractivity contribution is 8.22. The minimum Gasteiger partial charge on any atom is -0.297 e. The van der Waals surface area contributed by atoms with Crippen molar-refractivity contribution in [1.82, 2.24) is 0 Å². The number of aldehydes is 2. The Hall–Kier alpha value is -2.36. The van der Waals surface area contributed by atoms with E-state index in [1.807, 2.05) is 92.4 Å². The van der Waals surface area contributed by atoms with Gasteiger partial charge in [-0.3, -0.25) is 9.59 Å². The number of fused-ring (bicyclic) bond motifs is 6. The summed E-state index contributed by atoms with van der Waals surface area (Å²) >= 11 is 19.1. The first-order valence-electron chi connectivity index (χ1n) is 28.1. The summed E-state index contributed by atoms with van der Waals surface area (Å²) in [5, 5.41) is 0. The molecule has 9 rings (SSSR count). The molecule has 0 saturated heterocycles. The summed E-state index contributed by atoms with van der Waals surface area (Å²) in [6.45, 7) is 9.14. The Morgan fingerprint density at radius 1 is 0.342 bits per heavy atom. The maximum atomic E-state index is 12.7. The zero-order valence-electron chi connectivity index (χ0n) is 45.0. The van der Waals surface area contributed by atoms with Crippen LogP contribution in [0.2, 0.25) is 0 Å². The topological polar surface area (TPSA) is 34.1 Å². The molecule has 7 aromatic rings. The van der Waals surface area contributed by atoms with Gasteiger partial charge in [-0.2, -0.15) is 0 Å². The van der Waals surface area contributed by atoms with Crippen LogP contribution in [-0.2, 0) is 48.7 Å². The second-order valence-corrected chi connectivity index (χ2v) is 31.8. The molecule has 12 heteroatoms. The van der Waals surface area contributed by atoms with Crippen molar-refractivity contribution in [3.8, 4) is 20.9 Å². The fourth-order valence-electron chi connectivity index (χ4n) is 10.2. The number of rotatable bonds is 34. The molecule has 0 bridgehead atoms. The number of carbonyl (C=O) groups excluding carboxylic acids is 2. The van der Waals surface area contributed by atoms with Crippen molar-refractivity contribution in [1.29, 1.82) is 0 Å². The van der Waals surface area contributed by atoms with Gasteiger partial charge in [-0.05, 0) is 135 Å². The third-order valence-electron chi connectivity index (χ3n) is 14.2. The van der Waals surface area contributed by atoms with E-state index >= 15 is 0 Å². The molecule has 0 aliphatic heterocycles. The van der Waals surface area contributed by atoms with Crippen LogP contribution in [0.1, 0.15) is 211 Å². The maximum Gasteiger partial charge on any atom is 0.160 e. The Kier molecular flexibility index (Phi) is 22.9. The summed E-state index contributed by atoms with van der Waals surface area (Å²) in [7, 11) is 0. The van der Waals surface area contributed by atoms with Crippen molar-refractivity contribution < 1.29 is 9.59 Å². The van der Waals surface area contributed by atoms with E-state index in [2.05, 4.69) is 100 Å². The zero-order valence-corrected chi connectivity index (χ0v) is 53.1. The van der Waals surface area contributed by atoms with Crippen LogP contribution < -0.4 is 0 Å². The summed E-state index contributed by atoms with van der Waals surface area (Å²) in [5.41, 5.74) is 9.87. The predicted octanol–water partition coefficient (Wildman–Crippen LogP) is 23.3. The van der Waals surface area contributed by atoms with Gasteiger partial charge in [0.1, 0.15) is 0 Å². The Morgan fingerprint density at radius 2 is 0.632 bits per heavy atom. The van der Waals surface area contributed by atoms with Gasteiger partial charge in [0.25, 0.3) is 0 Å². The number of thiophene rings is 6. The van der Waals surface area contributed by atoms with Gasteiger partial charge in [0, 0.05) is 114 Å². The number of aryl methyl sites for hydroxylation is 4. The molecular weight excluding hydrogens is 1120 g/mol. The second-order valence-electron chi connectivity index (χ2n) is 20.2. The second kappa shape index (κ2) is 29.9. The molecule has 0 saturated carbocycles. The van der Waals surface area contributed by atoms with Crippen molar-refractivity contribution in [2.24, 2.45) is 0 Å². The highest BCUT2D eigenvalue weighted by atomic mass is 32.2. The van der Waals surface area contributed by atoms with Crippen molar-refractivity contribution >= 4 is 139 Å². The van der Waals surface area contributed by atoms with E-state index in [1.54, 1.807) is 22.7 Å². The first-order valence-corrected chi connectivity index (χ1v) is 36.9. The van der Waals surface area contributed by atoms with Gasteiger partial charge in [0.05, 0.1) is 9.75 Å². The van der Waals surface area contributed by atoms with Crippen LogP contribution in [0.4, 0.5) is 0 Å². The molecule has 2 aliphatic carbocycles. The monoisotopic (exact) mass is 1190 g/mol. The van der Waals surface area contributed by atoms with Crippen LogP contribution in [0.5, 0.6) is 0 Å². The Morgan fingerprint density at radius 3 is 0.908 bits per heavy atom. The standard InChI is InChI=1S/C64H74O2S10/c1-5-9-13-17-21-43-25-29-47(71-43)39-67-63(68-40-48-30-26-44(72-48)22-18-14-10-6-2)59-53-35-56-54(36-55(53)61-57(59)33-51(37-65)75-61)60(58-34-52(38-66)76-62(56)58)64(69-41-49-31-27-45(73-49)23-19-15-11-7-3)70-42-50-32-28-46(74-50)24-20-16-12-8-4/h25-38H,5-24,39-42H2,1-4H3. The molecule has 0 unspecified atom stereocenters. The molecule has 0 spiro atoms. The van der Waals surface area contributed by atoms with Gasteiger partial charge in [0.2, 0.25) is 0 Å². The summed E-state index contributed by atoms with van der Waals surface area (Å²) in [6, 6.07) is 28.2. The molecular formula is C64H74O2S10. The molecule has 0 radical (unpaired) electrons. The minimum atomic E-state index is 0.776. The highest BCUT2D eigenvalue weighted by Gasteiger charge is 2.36. The SMILES string of the molecule is CCCCCCc1ccc(CSC(SCc2ccc(CCCCCC)s2)=C2c3cc4c(cc3-c3sc(C=O)cc32)C(=C(SCc2ccc(CCCCCC)s2)SCc2ccc(CCCCCC)s2)c2cc(C=O)sc2-4)s1. The van der Waals surface area contributed by atoms with Crippen LogP contribution in [0.3, 0.4) is 0 Å². The number of carbonyl (C=O) groups is 2. The summed E-state index contributed by atoms with van der Waals surface area (Å²) in [6.07, 6.45) is 27.2. The average Bonchev–Trinajstić information content (AvgIpc) is 4.34. The molecule has 6 aromatic heterocycles.